The lowest BCUT2D eigenvalue weighted by Crippen LogP contribution is -2.42. The van der Waals surface area contributed by atoms with Gasteiger partial charge in [-0.2, -0.15) is 0 Å². The van der Waals surface area contributed by atoms with Crippen LogP contribution in [0.25, 0.3) is 6.08 Å². The maximum Gasteiger partial charge on any atom is 0.456 e. The predicted octanol–water partition coefficient (Wildman–Crippen LogP) is 4.41. The zero-order chi connectivity index (χ0) is 24.1. The maximum atomic E-state index is 12.9. The van der Waals surface area contributed by atoms with E-state index in [1.807, 2.05) is 42.5 Å². The van der Waals surface area contributed by atoms with Gasteiger partial charge in [0.15, 0.2) is 9.84 Å². The maximum absolute atomic E-state index is 12.9. The van der Waals surface area contributed by atoms with E-state index in [1.54, 1.807) is 12.1 Å². The summed E-state index contributed by atoms with van der Waals surface area (Å²) < 4.78 is 37.6. The second-order valence-electron chi connectivity index (χ2n) is 8.96. The molecule has 180 valence electrons. The van der Waals surface area contributed by atoms with Gasteiger partial charge >= 0.3 is 7.12 Å². The van der Waals surface area contributed by atoms with Crippen LogP contribution in [0.1, 0.15) is 38.2 Å². The first-order valence-electron chi connectivity index (χ1n) is 11.8. The van der Waals surface area contributed by atoms with E-state index in [1.165, 1.54) is 5.57 Å². The number of fused-ring (bicyclic) bond motifs is 1. The number of aromatic hydroxyl groups is 1. The molecule has 34 heavy (non-hydrogen) atoms. The van der Waals surface area contributed by atoms with Crippen molar-refractivity contribution in [2.24, 2.45) is 0 Å². The monoisotopic (exact) mass is 482 g/mol. The van der Waals surface area contributed by atoms with Crippen LogP contribution in [0.3, 0.4) is 0 Å². The molecule has 1 saturated heterocycles. The van der Waals surface area contributed by atoms with Crippen molar-refractivity contribution >= 4 is 23.0 Å². The average molecular weight is 482 g/mol. The summed E-state index contributed by atoms with van der Waals surface area (Å²) in [7, 11) is -4.51. The summed E-state index contributed by atoms with van der Waals surface area (Å²) in [6.45, 7) is 2.30. The number of sulfone groups is 1. The summed E-state index contributed by atoms with van der Waals surface area (Å²) in [5, 5.41) is 19.4. The first-order valence-corrected chi connectivity index (χ1v) is 13.5. The van der Waals surface area contributed by atoms with Crippen LogP contribution in [0.15, 0.2) is 71.3 Å². The van der Waals surface area contributed by atoms with Gasteiger partial charge in [0.05, 0.1) is 17.1 Å². The Bertz CT molecular complexity index is 1160. The van der Waals surface area contributed by atoms with Crippen molar-refractivity contribution in [2.75, 3.05) is 12.4 Å². The minimum Gasteiger partial charge on any atom is -0.508 e. The van der Waals surface area contributed by atoms with Crippen molar-refractivity contribution in [3.63, 3.8) is 0 Å². The zero-order valence-electron chi connectivity index (χ0n) is 19.4. The van der Waals surface area contributed by atoms with Crippen molar-refractivity contribution in [3.05, 3.63) is 76.9 Å². The van der Waals surface area contributed by atoms with Gasteiger partial charge < -0.3 is 19.5 Å². The molecular formula is C26H31BO6S. The number of phenols is 1. The molecule has 1 fully saturated rings. The van der Waals surface area contributed by atoms with Gasteiger partial charge in [-0.3, -0.25) is 0 Å². The number of ether oxygens (including phenoxy) is 1. The molecule has 0 amide bonds. The number of benzene rings is 2. The Labute approximate surface area is 202 Å². The zero-order valence-corrected chi connectivity index (χ0v) is 20.2. The molecule has 4 rings (SSSR count). The molecule has 0 radical (unpaired) electrons. The molecule has 2 aromatic carbocycles. The molecule has 0 spiro atoms. The van der Waals surface area contributed by atoms with E-state index in [2.05, 4.69) is 13.0 Å². The first-order chi connectivity index (χ1) is 16.4. The van der Waals surface area contributed by atoms with Gasteiger partial charge in [0, 0.05) is 6.32 Å². The Kier molecular flexibility index (Phi) is 7.81. The summed E-state index contributed by atoms with van der Waals surface area (Å²) in [6.07, 6.45) is 4.76. The van der Waals surface area contributed by atoms with Gasteiger partial charge in [-0.05, 0) is 60.2 Å². The topological polar surface area (TPSA) is 93.1 Å². The fourth-order valence-electron chi connectivity index (χ4n) is 4.85. The fraction of sp³-hybridized carbons (Fsp3) is 0.385. The summed E-state index contributed by atoms with van der Waals surface area (Å²) in [5.74, 6) is 0.840. The van der Waals surface area contributed by atoms with Crippen LogP contribution in [-0.4, -0.2) is 49.4 Å². The Morgan fingerprint density at radius 2 is 1.97 bits per heavy atom. The van der Waals surface area contributed by atoms with Gasteiger partial charge in [-0.1, -0.05) is 55.3 Å². The molecule has 2 N–H and O–H groups in total. The molecular weight excluding hydrogens is 451 g/mol. The standard InChI is InChI=1S/C26H31BO6S/c1-2-7-19(14-20-8-6-9-22(28)15-20)12-13-24-26-21(17-32-23-10-4-3-5-11-23)18-34(30,31)25(26)16-27(29)33-24/h3-6,8-11,14-15,24-25,28-29H,2,7,12-13,16-18H2,1H3/b19-14+/t24-,25+/m1/s1. The van der Waals surface area contributed by atoms with Gasteiger partial charge in [0.25, 0.3) is 0 Å². The van der Waals surface area contributed by atoms with E-state index >= 15 is 0 Å². The molecule has 2 atom stereocenters. The molecule has 0 unspecified atom stereocenters. The summed E-state index contributed by atoms with van der Waals surface area (Å²) in [5.41, 5.74) is 3.61. The fourth-order valence-corrected chi connectivity index (χ4v) is 6.95. The molecule has 2 heterocycles. The van der Waals surface area contributed by atoms with E-state index in [0.717, 1.165) is 29.6 Å². The van der Waals surface area contributed by atoms with E-state index in [-0.39, 0.29) is 24.4 Å². The van der Waals surface area contributed by atoms with Crippen LogP contribution in [-0.2, 0) is 14.5 Å². The molecule has 0 saturated carbocycles. The van der Waals surface area contributed by atoms with Crippen LogP contribution in [0, 0.1) is 0 Å². The highest BCUT2D eigenvalue weighted by molar-refractivity contribution is 7.92. The van der Waals surface area contributed by atoms with E-state index < -0.39 is 28.3 Å². The van der Waals surface area contributed by atoms with Crippen molar-refractivity contribution < 1.29 is 27.9 Å². The lowest BCUT2D eigenvalue weighted by molar-refractivity contribution is 0.168. The summed E-state index contributed by atoms with van der Waals surface area (Å²) in [6, 6.07) is 16.4. The summed E-state index contributed by atoms with van der Waals surface area (Å²) >= 11 is 0. The van der Waals surface area contributed by atoms with Crippen molar-refractivity contribution in [3.8, 4) is 11.5 Å². The molecule has 0 aromatic heterocycles. The highest BCUT2D eigenvalue weighted by Gasteiger charge is 2.48. The molecule has 0 aliphatic carbocycles. The number of rotatable bonds is 9. The van der Waals surface area contributed by atoms with E-state index in [9.17, 15) is 18.5 Å². The highest BCUT2D eigenvalue weighted by atomic mass is 32.2. The molecule has 8 heteroatoms. The average Bonchev–Trinajstić information content (AvgIpc) is 3.06. The number of allylic oxidation sites excluding steroid dienone is 1. The Hall–Kier alpha value is -2.55. The molecule has 2 aliphatic rings. The Balaban J connectivity index is 1.55. The van der Waals surface area contributed by atoms with E-state index in [0.29, 0.717) is 18.6 Å². The minimum absolute atomic E-state index is 0.0595. The van der Waals surface area contributed by atoms with Gasteiger partial charge in [-0.25, -0.2) is 8.42 Å². The molecule has 6 nitrogen and oxygen atoms in total. The molecule has 2 aliphatic heterocycles. The second kappa shape index (κ2) is 10.8. The summed E-state index contributed by atoms with van der Waals surface area (Å²) in [4.78, 5) is 0. The van der Waals surface area contributed by atoms with Crippen LogP contribution in [0.4, 0.5) is 0 Å². The Morgan fingerprint density at radius 3 is 2.71 bits per heavy atom. The third kappa shape index (κ3) is 5.92. The number of phenolic OH excluding ortho intramolecular Hbond substituents is 1. The Morgan fingerprint density at radius 1 is 1.18 bits per heavy atom. The third-order valence-corrected chi connectivity index (χ3v) is 8.41. The quantitative estimate of drug-likeness (QED) is 0.407. The normalized spacial score (nSPS) is 22.1. The lowest BCUT2D eigenvalue weighted by atomic mass is 9.74. The number of hydrogen-bond acceptors (Lipinski definition) is 6. The van der Waals surface area contributed by atoms with Crippen molar-refractivity contribution in [1.82, 2.24) is 0 Å². The second-order valence-corrected chi connectivity index (χ2v) is 11.1. The van der Waals surface area contributed by atoms with Gasteiger partial charge in [0.2, 0.25) is 0 Å². The van der Waals surface area contributed by atoms with Crippen molar-refractivity contribution in [2.45, 2.75) is 50.3 Å². The highest BCUT2D eigenvalue weighted by Crippen LogP contribution is 2.40. The molecule has 2 aromatic rings. The first kappa shape index (κ1) is 24.6. The van der Waals surface area contributed by atoms with Crippen LogP contribution in [0.2, 0.25) is 6.32 Å². The van der Waals surface area contributed by atoms with Crippen LogP contribution < -0.4 is 4.74 Å². The largest absolute Gasteiger partial charge is 0.508 e. The van der Waals surface area contributed by atoms with Crippen LogP contribution in [0.5, 0.6) is 11.5 Å². The van der Waals surface area contributed by atoms with Crippen molar-refractivity contribution in [1.29, 1.82) is 0 Å². The van der Waals surface area contributed by atoms with Gasteiger partial charge in [0.1, 0.15) is 18.1 Å². The number of para-hydroxylation sites is 1. The SMILES string of the molecule is CCC/C(=C\c1cccc(O)c1)CC[C@H]1OB(O)C[C@H]2C1=C(COc1ccccc1)CS2(=O)=O. The molecule has 0 bridgehead atoms. The van der Waals surface area contributed by atoms with E-state index in [4.69, 9.17) is 9.39 Å². The number of hydrogen-bond donors (Lipinski definition) is 2. The van der Waals surface area contributed by atoms with Crippen LogP contribution >= 0.6 is 0 Å². The predicted molar refractivity (Wildman–Crippen MR) is 134 cm³/mol. The minimum atomic E-state index is -3.41. The lowest BCUT2D eigenvalue weighted by Gasteiger charge is -2.32. The third-order valence-electron chi connectivity index (χ3n) is 6.34. The smallest absolute Gasteiger partial charge is 0.456 e. The van der Waals surface area contributed by atoms with Gasteiger partial charge in [-0.15, -0.1) is 0 Å².